The van der Waals surface area contributed by atoms with Crippen LogP contribution in [0.3, 0.4) is 0 Å². The van der Waals surface area contributed by atoms with Crippen LogP contribution >= 0.6 is 0 Å². The third kappa shape index (κ3) is 3.85. The number of aromatic nitrogens is 2. The maximum absolute atomic E-state index is 13.2. The van der Waals surface area contributed by atoms with Crippen LogP contribution in [-0.4, -0.2) is 27.7 Å². The third-order valence-electron chi connectivity index (χ3n) is 4.31. The zero-order valence-electron chi connectivity index (χ0n) is 15.4. The summed E-state index contributed by atoms with van der Waals surface area (Å²) in [6.07, 6.45) is 0. The molecule has 2 amide bonds. The van der Waals surface area contributed by atoms with Crippen molar-refractivity contribution in [3.05, 3.63) is 82.0 Å². The molecule has 1 aromatic heterocycles. The van der Waals surface area contributed by atoms with Crippen molar-refractivity contribution in [3.8, 4) is 5.69 Å². The predicted molar refractivity (Wildman–Crippen MR) is 103 cm³/mol. The Morgan fingerprint density at radius 3 is 2.46 bits per heavy atom. The van der Waals surface area contributed by atoms with Gasteiger partial charge in [-0.25, -0.2) is 9.07 Å². The van der Waals surface area contributed by atoms with E-state index in [1.165, 1.54) is 22.9 Å². The van der Waals surface area contributed by atoms with Crippen molar-refractivity contribution in [2.75, 3.05) is 11.9 Å². The lowest BCUT2D eigenvalue weighted by molar-refractivity contribution is -0.115. The molecule has 2 aromatic carbocycles. The van der Waals surface area contributed by atoms with Crippen LogP contribution in [0.2, 0.25) is 0 Å². The molecule has 0 radical (unpaired) electrons. The monoisotopic (exact) mass is 382 g/mol. The summed E-state index contributed by atoms with van der Waals surface area (Å²) in [5, 5.41) is 4.95. The highest BCUT2D eigenvalue weighted by Crippen LogP contribution is 2.13. The van der Waals surface area contributed by atoms with Gasteiger partial charge in [0.15, 0.2) is 0 Å². The quantitative estimate of drug-likeness (QED) is 0.708. The number of hydrogen-bond acceptors (Lipinski definition) is 3. The van der Waals surface area contributed by atoms with E-state index >= 15 is 0 Å². The molecular formula is C20H19FN4O3. The molecule has 0 aliphatic heterocycles. The highest BCUT2D eigenvalue weighted by molar-refractivity contribution is 5.99. The smallest absolute Gasteiger partial charge is 0.295 e. The molecule has 2 N–H and O–H groups in total. The van der Waals surface area contributed by atoms with E-state index in [4.69, 9.17) is 0 Å². The number of nitrogens with zero attached hydrogens (tertiary/aromatic N) is 2. The SMILES string of the molecule is Cc1c(NC(=O)CNC(=O)c2cccc(F)c2)c(=O)n(-c2ccccc2)n1C. The average molecular weight is 382 g/mol. The number of halogens is 1. The summed E-state index contributed by atoms with van der Waals surface area (Å²) >= 11 is 0. The second-order valence-corrected chi connectivity index (χ2v) is 6.18. The molecule has 3 rings (SSSR count). The standard InChI is InChI=1S/C20H19FN4O3/c1-13-18(20(28)25(24(13)2)16-9-4-3-5-10-16)23-17(26)12-22-19(27)14-7-6-8-15(21)11-14/h3-11H,12H2,1-2H3,(H,22,27)(H,23,26). The van der Waals surface area contributed by atoms with Gasteiger partial charge in [-0.1, -0.05) is 24.3 Å². The van der Waals surface area contributed by atoms with Crippen molar-refractivity contribution in [1.29, 1.82) is 0 Å². The summed E-state index contributed by atoms with van der Waals surface area (Å²) in [4.78, 5) is 37.0. The van der Waals surface area contributed by atoms with Crippen LogP contribution in [0, 0.1) is 12.7 Å². The number of anilines is 1. The van der Waals surface area contributed by atoms with Crippen LogP contribution in [0.25, 0.3) is 5.69 Å². The minimum absolute atomic E-state index is 0.107. The first-order chi connectivity index (χ1) is 13.4. The highest BCUT2D eigenvalue weighted by Gasteiger charge is 2.18. The van der Waals surface area contributed by atoms with Gasteiger partial charge >= 0.3 is 0 Å². The topological polar surface area (TPSA) is 85.1 Å². The van der Waals surface area contributed by atoms with Crippen molar-refractivity contribution in [2.24, 2.45) is 7.05 Å². The fourth-order valence-corrected chi connectivity index (χ4v) is 2.79. The van der Waals surface area contributed by atoms with Crippen molar-refractivity contribution < 1.29 is 14.0 Å². The van der Waals surface area contributed by atoms with Gasteiger partial charge in [0.25, 0.3) is 11.5 Å². The van der Waals surface area contributed by atoms with E-state index in [2.05, 4.69) is 10.6 Å². The molecule has 144 valence electrons. The molecule has 0 saturated carbocycles. The van der Waals surface area contributed by atoms with Gasteiger partial charge in [0, 0.05) is 12.6 Å². The number of amides is 2. The summed E-state index contributed by atoms with van der Waals surface area (Å²) in [5.74, 6) is -1.68. The lowest BCUT2D eigenvalue weighted by Crippen LogP contribution is -2.34. The van der Waals surface area contributed by atoms with E-state index < -0.39 is 17.6 Å². The largest absolute Gasteiger partial charge is 0.343 e. The van der Waals surface area contributed by atoms with Crippen LogP contribution in [0.5, 0.6) is 0 Å². The summed E-state index contributed by atoms with van der Waals surface area (Å²) in [6, 6.07) is 14.2. The Balaban J connectivity index is 1.73. The van der Waals surface area contributed by atoms with Gasteiger partial charge in [0.05, 0.1) is 17.9 Å². The van der Waals surface area contributed by atoms with E-state index in [0.717, 1.165) is 6.07 Å². The Labute approximate surface area is 160 Å². The molecule has 3 aromatic rings. The number of hydrogen-bond donors (Lipinski definition) is 2. The van der Waals surface area contributed by atoms with E-state index in [0.29, 0.717) is 11.4 Å². The number of rotatable bonds is 5. The molecule has 7 nitrogen and oxygen atoms in total. The van der Waals surface area contributed by atoms with Crippen LogP contribution < -0.4 is 16.2 Å². The van der Waals surface area contributed by atoms with Crippen molar-refractivity contribution in [1.82, 2.24) is 14.7 Å². The summed E-state index contributed by atoms with van der Waals surface area (Å²) in [5.41, 5.74) is 1.10. The molecule has 0 bridgehead atoms. The van der Waals surface area contributed by atoms with Gasteiger partial charge in [-0.3, -0.25) is 19.1 Å². The second-order valence-electron chi connectivity index (χ2n) is 6.18. The van der Waals surface area contributed by atoms with Crippen LogP contribution in [0.4, 0.5) is 10.1 Å². The van der Waals surface area contributed by atoms with Gasteiger partial charge in [-0.2, -0.15) is 0 Å². The molecule has 0 spiro atoms. The third-order valence-corrected chi connectivity index (χ3v) is 4.31. The molecule has 0 unspecified atom stereocenters. The number of nitrogens with one attached hydrogen (secondary N) is 2. The first-order valence-corrected chi connectivity index (χ1v) is 8.56. The first kappa shape index (κ1) is 19.1. The minimum Gasteiger partial charge on any atom is -0.343 e. The van der Waals surface area contributed by atoms with Gasteiger partial charge in [0.2, 0.25) is 5.91 Å². The van der Waals surface area contributed by atoms with Gasteiger partial charge < -0.3 is 10.6 Å². The lowest BCUT2D eigenvalue weighted by Gasteiger charge is -2.07. The summed E-state index contributed by atoms with van der Waals surface area (Å²) < 4.78 is 16.3. The zero-order valence-corrected chi connectivity index (χ0v) is 15.4. The average Bonchev–Trinajstić information content (AvgIpc) is 2.90. The number of benzene rings is 2. The normalized spacial score (nSPS) is 10.5. The minimum atomic E-state index is -0.582. The molecule has 0 saturated heterocycles. The number of carbonyl (C=O) groups is 2. The molecule has 8 heteroatoms. The maximum atomic E-state index is 13.2. The van der Waals surface area contributed by atoms with E-state index in [1.54, 1.807) is 30.8 Å². The van der Waals surface area contributed by atoms with Crippen LogP contribution in [-0.2, 0) is 11.8 Å². The molecule has 0 atom stereocenters. The fourth-order valence-electron chi connectivity index (χ4n) is 2.79. The molecule has 1 heterocycles. The predicted octanol–water partition coefficient (Wildman–Crippen LogP) is 1.99. The summed E-state index contributed by atoms with van der Waals surface area (Å²) in [7, 11) is 1.71. The molecular weight excluding hydrogens is 363 g/mol. The summed E-state index contributed by atoms with van der Waals surface area (Å²) in [6.45, 7) is 1.36. The van der Waals surface area contributed by atoms with Crippen molar-refractivity contribution in [2.45, 2.75) is 6.92 Å². The maximum Gasteiger partial charge on any atom is 0.295 e. The Bertz CT molecular complexity index is 1090. The number of para-hydroxylation sites is 1. The van der Waals surface area contributed by atoms with E-state index in [9.17, 15) is 18.8 Å². The van der Waals surface area contributed by atoms with Gasteiger partial charge in [-0.15, -0.1) is 0 Å². The van der Waals surface area contributed by atoms with Crippen molar-refractivity contribution >= 4 is 17.5 Å². The Morgan fingerprint density at radius 2 is 1.79 bits per heavy atom. The Kier molecular flexibility index (Phi) is 5.39. The molecule has 0 aliphatic carbocycles. The second kappa shape index (κ2) is 7.91. The van der Waals surface area contributed by atoms with E-state index in [1.807, 2.05) is 18.2 Å². The molecule has 0 fully saturated rings. The highest BCUT2D eigenvalue weighted by atomic mass is 19.1. The molecule has 0 aliphatic rings. The van der Waals surface area contributed by atoms with Crippen LogP contribution in [0.15, 0.2) is 59.4 Å². The zero-order chi connectivity index (χ0) is 20.3. The van der Waals surface area contributed by atoms with Crippen molar-refractivity contribution in [3.63, 3.8) is 0 Å². The Morgan fingerprint density at radius 1 is 1.07 bits per heavy atom. The van der Waals surface area contributed by atoms with Crippen LogP contribution in [0.1, 0.15) is 16.1 Å². The number of carbonyl (C=O) groups excluding carboxylic acids is 2. The van der Waals surface area contributed by atoms with E-state index in [-0.39, 0.29) is 23.4 Å². The fraction of sp³-hybridized carbons (Fsp3) is 0.150. The first-order valence-electron chi connectivity index (χ1n) is 8.56. The van der Waals surface area contributed by atoms with Gasteiger partial charge in [0.1, 0.15) is 11.5 Å². The molecule has 28 heavy (non-hydrogen) atoms. The lowest BCUT2D eigenvalue weighted by atomic mass is 10.2. The van der Waals surface area contributed by atoms with Gasteiger partial charge in [-0.05, 0) is 37.3 Å². The Hall–Kier alpha value is -3.68.